The molecule has 0 saturated carbocycles. The fraction of sp³-hybridized carbons (Fsp3) is 0.400. The topological polar surface area (TPSA) is 299 Å². The zero-order valence-corrected chi connectivity index (χ0v) is 16.3. The zero-order valence-electron chi connectivity index (χ0n) is 16.3. The number of aromatic nitrogens is 3. The third-order valence-corrected chi connectivity index (χ3v) is 3.58. The number of rotatable bonds is 15. The molecule has 1 heterocycles. The lowest BCUT2D eigenvalue weighted by atomic mass is 10.2. The Morgan fingerprint density at radius 3 is 0.879 bits per heavy atom. The Labute approximate surface area is 182 Å². The second-order valence-corrected chi connectivity index (χ2v) is 6.21. The Bertz CT molecular complexity index is 822. The number of hydrogen-bond donors (Lipinski definition) is 9. The number of nitrogens with one attached hydrogen (secondary N) is 3. The molecule has 0 aliphatic carbocycles. The van der Waals surface area contributed by atoms with E-state index in [0.29, 0.717) is 0 Å². The second kappa shape index (κ2) is 11.6. The molecule has 0 aliphatic heterocycles. The lowest BCUT2D eigenvalue weighted by molar-refractivity contribution is -0.144. The van der Waals surface area contributed by atoms with Crippen LogP contribution in [0.1, 0.15) is 19.3 Å². The van der Waals surface area contributed by atoms with Crippen LogP contribution in [0.25, 0.3) is 0 Å². The highest BCUT2D eigenvalue weighted by molar-refractivity contribution is 5.85. The van der Waals surface area contributed by atoms with Crippen molar-refractivity contribution in [2.24, 2.45) is 0 Å². The van der Waals surface area contributed by atoms with Crippen LogP contribution in [-0.4, -0.2) is 99.5 Å². The van der Waals surface area contributed by atoms with Gasteiger partial charge in [0.1, 0.15) is 18.1 Å². The summed E-state index contributed by atoms with van der Waals surface area (Å²) in [6.07, 6.45) is -2.83. The van der Waals surface area contributed by atoms with Gasteiger partial charge in [0.25, 0.3) is 0 Å². The highest BCUT2D eigenvalue weighted by atomic mass is 16.4. The van der Waals surface area contributed by atoms with Gasteiger partial charge in [0.15, 0.2) is 0 Å². The smallest absolute Gasteiger partial charge is 0.326 e. The molecule has 3 unspecified atom stereocenters. The Morgan fingerprint density at radius 2 is 0.727 bits per heavy atom. The van der Waals surface area contributed by atoms with Gasteiger partial charge in [0, 0.05) is 0 Å². The molecule has 18 heteroatoms. The summed E-state index contributed by atoms with van der Waals surface area (Å²) in [5.74, 6) is -11.4. The van der Waals surface area contributed by atoms with E-state index in [-0.39, 0.29) is 0 Å². The molecule has 1 aromatic heterocycles. The van der Waals surface area contributed by atoms with Crippen LogP contribution in [0.15, 0.2) is 0 Å². The Kier molecular flexibility index (Phi) is 9.21. The summed E-state index contributed by atoms with van der Waals surface area (Å²) in [6.45, 7) is 0. The number of aliphatic carboxylic acids is 6. The number of anilines is 3. The fourth-order valence-electron chi connectivity index (χ4n) is 2.16. The first-order chi connectivity index (χ1) is 15.3. The maximum atomic E-state index is 11.3. The van der Waals surface area contributed by atoms with E-state index in [1.54, 1.807) is 0 Å². The minimum absolute atomic E-state index is 0.664. The van der Waals surface area contributed by atoms with Crippen LogP contribution in [0.5, 0.6) is 0 Å². The maximum absolute atomic E-state index is 11.3. The van der Waals surface area contributed by atoms with Crippen molar-refractivity contribution < 1.29 is 59.4 Å². The average molecular weight is 474 g/mol. The molecule has 0 aliphatic rings. The monoisotopic (exact) mass is 474 g/mol. The van der Waals surface area contributed by atoms with E-state index in [1.807, 2.05) is 0 Å². The van der Waals surface area contributed by atoms with E-state index >= 15 is 0 Å². The van der Waals surface area contributed by atoms with Gasteiger partial charge < -0.3 is 46.6 Å². The number of hydrogen-bond acceptors (Lipinski definition) is 12. The molecular formula is C15H18N6O12. The van der Waals surface area contributed by atoms with Crippen LogP contribution in [0, 0.1) is 0 Å². The molecule has 1 aromatic rings. The van der Waals surface area contributed by atoms with E-state index in [0.717, 1.165) is 0 Å². The van der Waals surface area contributed by atoms with Crippen molar-refractivity contribution in [2.75, 3.05) is 16.0 Å². The van der Waals surface area contributed by atoms with E-state index in [2.05, 4.69) is 30.9 Å². The van der Waals surface area contributed by atoms with Crippen LogP contribution in [-0.2, 0) is 28.8 Å². The largest absolute Gasteiger partial charge is 0.481 e. The summed E-state index contributed by atoms with van der Waals surface area (Å²) in [4.78, 5) is 77.3. The summed E-state index contributed by atoms with van der Waals surface area (Å²) in [7, 11) is 0. The number of carboxylic acid groups (broad SMARTS) is 6. The van der Waals surface area contributed by atoms with Crippen molar-refractivity contribution in [1.82, 2.24) is 15.0 Å². The first-order valence-electron chi connectivity index (χ1n) is 8.68. The molecule has 0 saturated heterocycles. The molecule has 33 heavy (non-hydrogen) atoms. The summed E-state index contributed by atoms with van der Waals surface area (Å²) >= 11 is 0. The van der Waals surface area contributed by atoms with Crippen molar-refractivity contribution in [3.8, 4) is 0 Å². The van der Waals surface area contributed by atoms with Gasteiger partial charge >= 0.3 is 35.8 Å². The lowest BCUT2D eigenvalue weighted by Crippen LogP contribution is -2.35. The van der Waals surface area contributed by atoms with Gasteiger partial charge in [-0.3, -0.25) is 14.4 Å². The summed E-state index contributed by atoms with van der Waals surface area (Å²) < 4.78 is 0. The third-order valence-electron chi connectivity index (χ3n) is 3.58. The predicted molar refractivity (Wildman–Crippen MR) is 102 cm³/mol. The highest BCUT2D eigenvalue weighted by Crippen LogP contribution is 2.15. The van der Waals surface area contributed by atoms with Gasteiger partial charge in [-0.1, -0.05) is 0 Å². The zero-order chi connectivity index (χ0) is 25.3. The van der Waals surface area contributed by atoms with Gasteiger partial charge in [-0.2, -0.15) is 15.0 Å². The maximum Gasteiger partial charge on any atom is 0.326 e. The number of carboxylic acids is 6. The predicted octanol–water partition coefficient (Wildman–Crippen LogP) is -2.11. The lowest BCUT2D eigenvalue weighted by Gasteiger charge is -2.18. The molecular weight excluding hydrogens is 456 g/mol. The van der Waals surface area contributed by atoms with Crippen molar-refractivity contribution in [3.05, 3.63) is 0 Å². The first-order valence-corrected chi connectivity index (χ1v) is 8.68. The normalized spacial score (nSPS) is 13.1. The van der Waals surface area contributed by atoms with Crippen LogP contribution in [0.2, 0.25) is 0 Å². The van der Waals surface area contributed by atoms with E-state index < -0.39 is 91.0 Å². The molecule has 0 fully saturated rings. The van der Waals surface area contributed by atoms with Gasteiger partial charge in [-0.15, -0.1) is 0 Å². The van der Waals surface area contributed by atoms with E-state index in [4.69, 9.17) is 30.6 Å². The van der Waals surface area contributed by atoms with E-state index in [9.17, 15) is 28.8 Å². The van der Waals surface area contributed by atoms with Crippen LogP contribution in [0.4, 0.5) is 17.8 Å². The van der Waals surface area contributed by atoms with Gasteiger partial charge in [-0.25, -0.2) is 14.4 Å². The molecule has 18 nitrogen and oxygen atoms in total. The van der Waals surface area contributed by atoms with Crippen molar-refractivity contribution >= 4 is 53.7 Å². The van der Waals surface area contributed by atoms with Gasteiger partial charge in [0.05, 0.1) is 19.3 Å². The fourth-order valence-corrected chi connectivity index (χ4v) is 2.16. The highest BCUT2D eigenvalue weighted by Gasteiger charge is 2.27. The van der Waals surface area contributed by atoms with E-state index in [1.165, 1.54) is 0 Å². The molecule has 0 aromatic carbocycles. The minimum Gasteiger partial charge on any atom is -0.481 e. The summed E-state index contributed by atoms with van der Waals surface area (Å²) in [5, 5.41) is 60.3. The molecule has 9 N–H and O–H groups in total. The molecule has 1 rings (SSSR count). The molecule has 3 atom stereocenters. The first kappa shape index (κ1) is 26.3. The molecule has 180 valence electrons. The second-order valence-electron chi connectivity index (χ2n) is 6.21. The SMILES string of the molecule is O=C(O)CC(Nc1nc(NC(CC(=O)O)C(=O)O)nc(NC(CC(=O)O)C(=O)O)n1)C(=O)O. The third kappa shape index (κ3) is 9.27. The van der Waals surface area contributed by atoms with Crippen LogP contribution >= 0.6 is 0 Å². The number of carbonyl (C=O) groups is 6. The summed E-state index contributed by atoms with van der Waals surface area (Å²) in [6, 6.07) is -5.35. The van der Waals surface area contributed by atoms with Crippen LogP contribution < -0.4 is 16.0 Å². The Balaban J connectivity index is 3.38. The molecule has 0 radical (unpaired) electrons. The number of nitrogens with zero attached hydrogens (tertiary/aromatic N) is 3. The molecule has 0 spiro atoms. The quantitative estimate of drug-likeness (QED) is 0.131. The van der Waals surface area contributed by atoms with Crippen molar-refractivity contribution in [3.63, 3.8) is 0 Å². The van der Waals surface area contributed by atoms with Crippen molar-refractivity contribution in [1.29, 1.82) is 0 Å². The van der Waals surface area contributed by atoms with Crippen LogP contribution in [0.3, 0.4) is 0 Å². The average Bonchev–Trinajstić information content (AvgIpc) is 2.65. The van der Waals surface area contributed by atoms with Crippen molar-refractivity contribution in [2.45, 2.75) is 37.4 Å². The van der Waals surface area contributed by atoms with Gasteiger partial charge in [-0.05, 0) is 0 Å². The summed E-state index contributed by atoms with van der Waals surface area (Å²) in [5.41, 5.74) is 0. The minimum atomic E-state index is -1.78. The standard InChI is InChI=1S/C15H18N6O12/c22-7(23)1-4(10(28)29)16-13-19-14(17-5(11(30)31)2-8(24)25)21-15(20-13)18-6(12(32)33)3-9(26)27/h4-6H,1-3H2,(H,22,23)(H,24,25)(H,26,27)(H,28,29)(H,30,31)(H,32,33)(H3,16,17,18,19,20,21). The molecule has 0 amide bonds. The Hall–Kier alpha value is -4.77. The van der Waals surface area contributed by atoms with Gasteiger partial charge in [0.2, 0.25) is 17.8 Å². The molecule has 0 bridgehead atoms. The Morgan fingerprint density at radius 1 is 0.515 bits per heavy atom.